The van der Waals surface area contributed by atoms with Crippen LogP contribution in [-0.4, -0.2) is 36.4 Å². The smallest absolute Gasteiger partial charge is 0.404 e. The quantitative estimate of drug-likeness (QED) is 0.123. The number of carboxylic acid groups (broad SMARTS) is 1. The largest absolute Gasteiger partial charge is 0.492 e. The summed E-state index contributed by atoms with van der Waals surface area (Å²) in [6.45, 7) is 2.82. The highest BCUT2D eigenvalue weighted by Crippen LogP contribution is 2.30. The number of carbonyl (C=O) groups excluding carboxylic acids is 1. The van der Waals surface area contributed by atoms with Crippen LogP contribution in [0.2, 0.25) is 0 Å². The van der Waals surface area contributed by atoms with Crippen LogP contribution in [-0.2, 0) is 16.0 Å². The summed E-state index contributed by atoms with van der Waals surface area (Å²) in [4.78, 5) is 23.0. The molecule has 6 nitrogen and oxygen atoms in total. The third kappa shape index (κ3) is 15.2. The lowest BCUT2D eigenvalue weighted by Gasteiger charge is -2.31. The van der Waals surface area contributed by atoms with Gasteiger partial charge in [0.2, 0.25) is 0 Å². The number of benzene rings is 1. The first-order valence-corrected chi connectivity index (χ1v) is 15.5. The van der Waals surface area contributed by atoms with Crippen molar-refractivity contribution in [3.63, 3.8) is 0 Å². The van der Waals surface area contributed by atoms with E-state index < -0.39 is 6.09 Å². The first-order valence-electron chi connectivity index (χ1n) is 15.5. The maximum atomic E-state index is 12.5. The maximum Gasteiger partial charge on any atom is 0.404 e. The summed E-state index contributed by atoms with van der Waals surface area (Å²) in [5.41, 5.74) is 1.21. The van der Waals surface area contributed by atoms with E-state index in [4.69, 9.17) is 14.6 Å². The molecule has 0 radical (unpaired) electrons. The topological polar surface area (TPSA) is 84.9 Å². The number of rotatable bonds is 21. The Labute approximate surface area is 231 Å². The van der Waals surface area contributed by atoms with Gasteiger partial charge < -0.3 is 19.9 Å². The number of unbranched alkanes of at least 4 members (excludes halogenated alkanes) is 12. The van der Waals surface area contributed by atoms with Crippen LogP contribution in [0, 0.1) is 5.92 Å². The lowest BCUT2D eigenvalue weighted by atomic mass is 9.82. The van der Waals surface area contributed by atoms with Gasteiger partial charge >= 0.3 is 12.1 Å². The maximum absolute atomic E-state index is 12.5. The summed E-state index contributed by atoms with van der Waals surface area (Å²) < 4.78 is 11.6. The molecule has 0 aromatic heterocycles. The van der Waals surface area contributed by atoms with Gasteiger partial charge in [0.05, 0.1) is 6.54 Å². The second-order valence-corrected chi connectivity index (χ2v) is 11.0. The van der Waals surface area contributed by atoms with E-state index in [0.717, 1.165) is 44.3 Å². The molecule has 0 spiro atoms. The summed E-state index contributed by atoms with van der Waals surface area (Å²) in [5, 5.41) is 10.9. The minimum absolute atomic E-state index is 0.0243. The summed E-state index contributed by atoms with van der Waals surface area (Å²) in [6, 6.07) is 7.96. The van der Waals surface area contributed by atoms with Gasteiger partial charge in [-0.05, 0) is 55.7 Å². The van der Waals surface area contributed by atoms with E-state index in [-0.39, 0.29) is 18.6 Å². The van der Waals surface area contributed by atoms with Crippen molar-refractivity contribution in [2.24, 2.45) is 5.92 Å². The van der Waals surface area contributed by atoms with Crippen molar-refractivity contribution in [2.45, 2.75) is 135 Å². The van der Waals surface area contributed by atoms with Crippen LogP contribution >= 0.6 is 0 Å². The summed E-state index contributed by atoms with van der Waals surface area (Å²) in [5.74, 6) is 1.07. The number of esters is 1. The highest BCUT2D eigenvalue weighted by atomic mass is 16.5. The summed E-state index contributed by atoms with van der Waals surface area (Å²) in [7, 11) is 0. The lowest BCUT2D eigenvalue weighted by Crippen LogP contribution is -2.31. The molecule has 6 heteroatoms. The zero-order chi connectivity index (χ0) is 27.3. The molecule has 0 saturated heterocycles. The van der Waals surface area contributed by atoms with Gasteiger partial charge in [0.15, 0.2) is 0 Å². The molecule has 0 unspecified atom stereocenters. The van der Waals surface area contributed by atoms with Crippen molar-refractivity contribution in [3.05, 3.63) is 29.8 Å². The molecule has 2 rings (SSSR count). The Balaban J connectivity index is 1.55. The van der Waals surface area contributed by atoms with E-state index in [2.05, 4.69) is 24.4 Å². The minimum atomic E-state index is -1.05. The number of hydrogen-bond acceptors (Lipinski definition) is 4. The molecular formula is C32H53NO5. The molecular weight excluding hydrogens is 478 g/mol. The third-order valence-electron chi connectivity index (χ3n) is 7.67. The van der Waals surface area contributed by atoms with Gasteiger partial charge in [-0.1, -0.05) is 103 Å². The molecule has 1 saturated carbocycles. The van der Waals surface area contributed by atoms with Crippen molar-refractivity contribution in [2.75, 3.05) is 13.2 Å². The van der Waals surface area contributed by atoms with Crippen LogP contribution in [0.3, 0.4) is 0 Å². The van der Waals surface area contributed by atoms with Gasteiger partial charge in [-0.25, -0.2) is 4.79 Å². The van der Waals surface area contributed by atoms with Gasteiger partial charge in [0.25, 0.3) is 0 Å². The predicted octanol–water partition coefficient (Wildman–Crippen LogP) is 8.46. The van der Waals surface area contributed by atoms with E-state index >= 15 is 0 Å². The normalized spacial score (nSPS) is 17.2. The minimum Gasteiger partial charge on any atom is -0.492 e. The average molecular weight is 532 g/mol. The fraction of sp³-hybridized carbons (Fsp3) is 0.750. The fourth-order valence-corrected chi connectivity index (χ4v) is 5.43. The van der Waals surface area contributed by atoms with Crippen LogP contribution in [0.4, 0.5) is 4.79 Å². The van der Waals surface area contributed by atoms with Crippen molar-refractivity contribution in [1.82, 2.24) is 5.32 Å². The molecule has 0 bridgehead atoms. The van der Waals surface area contributed by atoms with Crippen molar-refractivity contribution >= 4 is 12.1 Å². The average Bonchev–Trinajstić information content (AvgIpc) is 2.91. The van der Waals surface area contributed by atoms with Crippen LogP contribution in [0.15, 0.2) is 24.3 Å². The molecule has 2 N–H and O–H groups in total. The molecule has 2 atom stereocenters. The number of carbonyl (C=O) groups is 2. The Morgan fingerprint density at radius 2 is 1.42 bits per heavy atom. The van der Waals surface area contributed by atoms with E-state index in [1.54, 1.807) is 0 Å². The zero-order valence-corrected chi connectivity index (χ0v) is 23.9. The van der Waals surface area contributed by atoms with E-state index in [1.807, 2.05) is 12.1 Å². The standard InChI is InChI=1S/C32H53NO5/c1-2-3-4-5-6-7-8-9-10-11-12-13-14-19-31(34)38-30-18-16-15-17-28(30)26-27-20-22-29(23-21-27)37-25-24-33-32(35)36/h20-23,28,30,33H,2-19,24-26H2,1H3,(H,35,36)/t28-,30+/m0/s1. The molecule has 1 fully saturated rings. The fourth-order valence-electron chi connectivity index (χ4n) is 5.43. The van der Waals surface area contributed by atoms with Gasteiger partial charge in [0, 0.05) is 6.42 Å². The Morgan fingerprint density at radius 3 is 2.03 bits per heavy atom. The molecule has 216 valence electrons. The SMILES string of the molecule is CCCCCCCCCCCCCCCC(=O)O[C@@H]1CCCC[C@H]1Cc1ccc(OCCNC(=O)O)cc1. The second-order valence-electron chi connectivity index (χ2n) is 11.0. The lowest BCUT2D eigenvalue weighted by molar-refractivity contribution is -0.153. The van der Waals surface area contributed by atoms with E-state index in [0.29, 0.717) is 18.9 Å². The highest BCUT2D eigenvalue weighted by Gasteiger charge is 2.28. The summed E-state index contributed by atoms with van der Waals surface area (Å²) in [6.07, 6.45) is 21.8. The molecule has 0 aliphatic heterocycles. The Morgan fingerprint density at radius 1 is 0.842 bits per heavy atom. The second kappa shape index (κ2) is 20.7. The molecule has 1 aromatic carbocycles. The van der Waals surface area contributed by atoms with Crippen molar-refractivity contribution in [3.8, 4) is 5.75 Å². The summed E-state index contributed by atoms with van der Waals surface area (Å²) >= 11 is 0. The van der Waals surface area contributed by atoms with Gasteiger partial charge in [-0.2, -0.15) is 0 Å². The molecule has 1 amide bonds. The Kier molecular flexibility index (Phi) is 17.4. The van der Waals surface area contributed by atoms with Crippen molar-refractivity contribution < 1.29 is 24.2 Å². The van der Waals surface area contributed by atoms with Crippen LogP contribution in [0.1, 0.15) is 128 Å². The van der Waals surface area contributed by atoms with E-state index in [1.165, 1.54) is 82.6 Å². The number of ether oxygens (including phenoxy) is 2. The third-order valence-corrected chi connectivity index (χ3v) is 7.67. The Bertz CT molecular complexity index is 751. The monoisotopic (exact) mass is 531 g/mol. The molecule has 38 heavy (non-hydrogen) atoms. The van der Waals surface area contributed by atoms with Crippen LogP contribution in [0.25, 0.3) is 0 Å². The molecule has 0 heterocycles. The predicted molar refractivity (Wildman–Crippen MR) is 154 cm³/mol. The first-order chi connectivity index (χ1) is 18.6. The molecule has 1 aromatic rings. The van der Waals surface area contributed by atoms with Crippen LogP contribution < -0.4 is 10.1 Å². The molecule has 1 aliphatic rings. The Hall–Kier alpha value is -2.24. The molecule has 1 aliphatic carbocycles. The highest BCUT2D eigenvalue weighted by molar-refractivity contribution is 5.69. The number of amides is 1. The first kappa shape index (κ1) is 32.0. The van der Waals surface area contributed by atoms with Gasteiger partial charge in [-0.15, -0.1) is 0 Å². The van der Waals surface area contributed by atoms with Gasteiger partial charge in [-0.3, -0.25) is 4.79 Å². The number of nitrogens with one attached hydrogen (secondary N) is 1. The van der Waals surface area contributed by atoms with Gasteiger partial charge in [0.1, 0.15) is 18.5 Å². The zero-order valence-electron chi connectivity index (χ0n) is 23.9. The van der Waals surface area contributed by atoms with Crippen LogP contribution in [0.5, 0.6) is 5.75 Å². The van der Waals surface area contributed by atoms with Crippen molar-refractivity contribution in [1.29, 1.82) is 0 Å². The van der Waals surface area contributed by atoms with E-state index in [9.17, 15) is 9.59 Å². The number of hydrogen-bond donors (Lipinski definition) is 2.